The van der Waals surface area contributed by atoms with Crippen LogP contribution in [-0.2, 0) is 16.0 Å². The molecule has 0 aromatic heterocycles. The summed E-state index contributed by atoms with van der Waals surface area (Å²) in [5, 5.41) is 25.5. The molecule has 0 radical (unpaired) electrons. The van der Waals surface area contributed by atoms with Crippen molar-refractivity contribution >= 4 is 35.3 Å². The molecule has 0 bridgehead atoms. The first-order valence-corrected chi connectivity index (χ1v) is 12.3. The molecule has 1 unspecified atom stereocenters. The molecule has 3 N–H and O–H groups in total. The van der Waals surface area contributed by atoms with E-state index in [0.29, 0.717) is 18.2 Å². The minimum atomic E-state index is -1.26. The smallest absolute Gasteiger partial charge is 0.328 e. The number of rotatable bonds is 6. The molecule has 9 heteroatoms. The third-order valence-electron chi connectivity index (χ3n) is 5.79. The maximum atomic E-state index is 9.55. The van der Waals surface area contributed by atoms with Crippen LogP contribution in [0.2, 0.25) is 5.02 Å². The summed E-state index contributed by atoms with van der Waals surface area (Å²) in [5.41, 5.74) is 2.79. The Morgan fingerprint density at radius 1 is 1.00 bits per heavy atom. The molecule has 7 nitrogen and oxygen atoms in total. The monoisotopic (exact) mass is 504 g/mol. The Bertz CT molecular complexity index is 1010. The fourth-order valence-electron chi connectivity index (χ4n) is 4.14. The lowest BCUT2D eigenvalue weighted by Gasteiger charge is -2.39. The van der Waals surface area contributed by atoms with Crippen molar-refractivity contribution in [2.45, 2.75) is 28.7 Å². The lowest BCUT2D eigenvalue weighted by Crippen LogP contribution is -2.48. The van der Waals surface area contributed by atoms with Crippen LogP contribution in [0.4, 0.5) is 0 Å². The molecule has 1 saturated heterocycles. The standard InChI is InChI=1S/C21H25ClN2OS.C4H4O4/c22-17-6-7-21-18(15-17)19(14-16-4-1-2-5-20(16)26-21)24-11-9-23(10-12-24)8-3-13-25;5-3(6)1-2-4(7)8/h1-2,4-7,15,19,25H,3,8-14H2;1-2H,(H,5,6)(H,7,8)/b;2-1-. The fourth-order valence-corrected chi connectivity index (χ4v) is 5.44. The van der Waals surface area contributed by atoms with Gasteiger partial charge in [-0.3, -0.25) is 4.90 Å². The normalized spacial score (nSPS) is 18.4. The molecular weight excluding hydrogens is 476 g/mol. The zero-order valence-corrected chi connectivity index (χ0v) is 20.3. The van der Waals surface area contributed by atoms with E-state index in [1.54, 1.807) is 0 Å². The number of nitrogens with zero attached hydrogens (tertiary/aromatic N) is 2. The van der Waals surface area contributed by atoms with Crippen LogP contribution in [0.15, 0.2) is 64.4 Å². The van der Waals surface area contributed by atoms with E-state index < -0.39 is 11.9 Å². The van der Waals surface area contributed by atoms with Gasteiger partial charge in [0.25, 0.3) is 0 Å². The Labute approximate surface area is 208 Å². The van der Waals surface area contributed by atoms with E-state index in [9.17, 15) is 9.59 Å². The number of aliphatic hydroxyl groups excluding tert-OH is 1. The number of aliphatic carboxylic acids is 2. The summed E-state index contributed by atoms with van der Waals surface area (Å²) in [6.45, 7) is 5.55. The van der Waals surface area contributed by atoms with Gasteiger partial charge < -0.3 is 20.2 Å². The number of piperazine rings is 1. The van der Waals surface area contributed by atoms with Gasteiger partial charge in [-0.15, -0.1) is 0 Å². The summed E-state index contributed by atoms with van der Waals surface area (Å²) in [6.07, 6.45) is 3.02. The molecule has 2 aromatic rings. The molecule has 4 rings (SSSR count). The van der Waals surface area contributed by atoms with Gasteiger partial charge in [0, 0.05) is 72.3 Å². The van der Waals surface area contributed by atoms with E-state index >= 15 is 0 Å². The molecule has 0 amide bonds. The fraction of sp³-hybridized carbons (Fsp3) is 0.360. The Morgan fingerprint density at radius 2 is 1.68 bits per heavy atom. The topological polar surface area (TPSA) is 101 Å². The van der Waals surface area contributed by atoms with Crippen molar-refractivity contribution in [2.24, 2.45) is 0 Å². The van der Waals surface area contributed by atoms with Crippen LogP contribution >= 0.6 is 23.4 Å². The molecule has 2 aliphatic rings. The summed E-state index contributed by atoms with van der Waals surface area (Å²) < 4.78 is 0. The molecule has 182 valence electrons. The summed E-state index contributed by atoms with van der Waals surface area (Å²) in [4.78, 5) is 26.9. The van der Waals surface area contributed by atoms with Gasteiger partial charge in [-0.1, -0.05) is 41.6 Å². The SMILES string of the molecule is O=C(O)/C=C\C(=O)O.OCCCN1CCN(C2Cc3ccccc3Sc3ccc(Cl)cc32)CC1. The number of hydrogen-bond acceptors (Lipinski definition) is 6. The maximum absolute atomic E-state index is 9.55. The third kappa shape index (κ3) is 7.58. The predicted molar refractivity (Wildman–Crippen MR) is 133 cm³/mol. The zero-order chi connectivity index (χ0) is 24.5. The second-order valence-corrected chi connectivity index (χ2v) is 9.60. The van der Waals surface area contributed by atoms with Gasteiger partial charge in [0.15, 0.2) is 0 Å². The number of aliphatic hydroxyl groups is 1. The first-order valence-electron chi connectivity index (χ1n) is 11.1. The number of carboxylic acid groups (broad SMARTS) is 2. The highest BCUT2D eigenvalue weighted by Gasteiger charge is 2.30. The second kappa shape index (κ2) is 12.9. The largest absolute Gasteiger partial charge is 0.478 e. The molecule has 2 heterocycles. The van der Waals surface area contributed by atoms with E-state index in [-0.39, 0.29) is 6.61 Å². The molecule has 2 aliphatic heterocycles. The number of carboxylic acids is 2. The van der Waals surface area contributed by atoms with Gasteiger partial charge in [0.2, 0.25) is 0 Å². The molecule has 0 aliphatic carbocycles. The lowest BCUT2D eigenvalue weighted by atomic mass is 9.96. The quantitative estimate of drug-likeness (QED) is 0.511. The average Bonchev–Trinajstić information content (AvgIpc) is 2.99. The van der Waals surface area contributed by atoms with Crippen LogP contribution in [0.1, 0.15) is 23.6 Å². The maximum Gasteiger partial charge on any atom is 0.328 e. The van der Waals surface area contributed by atoms with Crippen LogP contribution in [0.25, 0.3) is 0 Å². The Balaban J connectivity index is 0.000000350. The van der Waals surface area contributed by atoms with E-state index in [4.69, 9.17) is 26.9 Å². The number of halogens is 1. The molecule has 34 heavy (non-hydrogen) atoms. The van der Waals surface area contributed by atoms with Crippen molar-refractivity contribution in [3.63, 3.8) is 0 Å². The first kappa shape index (κ1) is 26.2. The van der Waals surface area contributed by atoms with Crippen LogP contribution in [0.5, 0.6) is 0 Å². The van der Waals surface area contributed by atoms with Gasteiger partial charge in [0.1, 0.15) is 0 Å². The Morgan fingerprint density at radius 3 is 2.32 bits per heavy atom. The van der Waals surface area contributed by atoms with Crippen molar-refractivity contribution in [1.29, 1.82) is 0 Å². The average molecular weight is 505 g/mol. The highest BCUT2D eigenvalue weighted by atomic mass is 35.5. The van der Waals surface area contributed by atoms with Crippen LogP contribution < -0.4 is 0 Å². The Hall–Kier alpha value is -2.36. The third-order valence-corrected chi connectivity index (χ3v) is 7.23. The van der Waals surface area contributed by atoms with E-state index in [2.05, 4.69) is 46.2 Å². The minimum absolute atomic E-state index is 0.280. The highest BCUT2D eigenvalue weighted by Crippen LogP contribution is 2.43. The van der Waals surface area contributed by atoms with Crippen molar-refractivity contribution < 1.29 is 24.9 Å². The summed E-state index contributed by atoms with van der Waals surface area (Å²) in [5.74, 6) is -2.51. The van der Waals surface area contributed by atoms with Crippen LogP contribution in [0.3, 0.4) is 0 Å². The molecule has 1 atom stereocenters. The van der Waals surface area contributed by atoms with Gasteiger partial charge >= 0.3 is 11.9 Å². The van der Waals surface area contributed by atoms with E-state index in [1.807, 2.05) is 17.8 Å². The molecule has 2 aromatic carbocycles. The van der Waals surface area contributed by atoms with Crippen molar-refractivity contribution in [1.82, 2.24) is 9.80 Å². The zero-order valence-electron chi connectivity index (χ0n) is 18.8. The second-order valence-electron chi connectivity index (χ2n) is 8.08. The molecule has 0 spiro atoms. The number of benzene rings is 2. The van der Waals surface area contributed by atoms with Gasteiger partial charge in [-0.05, 0) is 48.2 Å². The summed E-state index contributed by atoms with van der Waals surface area (Å²) >= 11 is 8.23. The predicted octanol–water partition coefficient (Wildman–Crippen LogP) is 3.80. The van der Waals surface area contributed by atoms with E-state index in [1.165, 1.54) is 20.9 Å². The summed E-state index contributed by atoms with van der Waals surface area (Å²) in [6, 6.07) is 15.5. The van der Waals surface area contributed by atoms with E-state index in [0.717, 1.165) is 50.6 Å². The number of hydrogen-bond donors (Lipinski definition) is 3. The van der Waals surface area contributed by atoms with Gasteiger partial charge in [-0.2, -0.15) is 0 Å². The van der Waals surface area contributed by atoms with Crippen molar-refractivity contribution in [3.05, 3.63) is 70.8 Å². The molecular formula is C25H29ClN2O5S. The molecule has 1 fully saturated rings. The minimum Gasteiger partial charge on any atom is -0.478 e. The molecule has 0 saturated carbocycles. The van der Waals surface area contributed by atoms with Crippen LogP contribution in [0, 0.1) is 0 Å². The summed E-state index contributed by atoms with van der Waals surface area (Å²) in [7, 11) is 0. The Kier molecular flexibility index (Phi) is 9.98. The van der Waals surface area contributed by atoms with Crippen LogP contribution in [-0.4, -0.2) is 76.4 Å². The highest BCUT2D eigenvalue weighted by molar-refractivity contribution is 7.99. The first-order chi connectivity index (χ1) is 16.4. The van der Waals surface area contributed by atoms with Gasteiger partial charge in [-0.25, -0.2) is 9.59 Å². The van der Waals surface area contributed by atoms with Crippen molar-refractivity contribution in [2.75, 3.05) is 39.3 Å². The number of carbonyl (C=O) groups is 2. The van der Waals surface area contributed by atoms with Gasteiger partial charge in [0.05, 0.1) is 0 Å². The van der Waals surface area contributed by atoms with Crippen molar-refractivity contribution in [3.8, 4) is 0 Å². The lowest BCUT2D eigenvalue weighted by molar-refractivity contribution is -0.134. The number of fused-ring (bicyclic) bond motifs is 2.